The topological polar surface area (TPSA) is 69.0 Å². The number of rotatable bonds is 6. The van der Waals surface area contributed by atoms with E-state index in [1.54, 1.807) is 18.9 Å². The molecule has 4 rings (SSSR count). The van der Waals surface area contributed by atoms with Crippen LogP contribution in [0, 0.1) is 5.41 Å². The van der Waals surface area contributed by atoms with Crippen molar-refractivity contribution in [3.63, 3.8) is 0 Å². The molecule has 0 fully saturated rings. The summed E-state index contributed by atoms with van der Waals surface area (Å²) in [6.07, 6.45) is 3.65. The zero-order chi connectivity index (χ0) is 20.6. The highest BCUT2D eigenvalue weighted by molar-refractivity contribution is 7.99. The lowest BCUT2D eigenvalue weighted by Crippen LogP contribution is -2.36. The SMILES string of the molecule is CCCCSc1nc2n(n1)[C@@H](c1ccc(OC)cc1)C1=C(CC(C)(C)CC1=O)N2. The van der Waals surface area contributed by atoms with E-state index < -0.39 is 0 Å². The monoisotopic (exact) mass is 412 g/mol. The van der Waals surface area contributed by atoms with Crippen molar-refractivity contribution in [2.45, 2.75) is 57.7 Å². The smallest absolute Gasteiger partial charge is 0.227 e. The minimum Gasteiger partial charge on any atom is -0.497 e. The molecule has 0 amide bonds. The van der Waals surface area contributed by atoms with Crippen LogP contribution in [0.25, 0.3) is 0 Å². The first-order chi connectivity index (χ1) is 13.9. The highest BCUT2D eigenvalue weighted by Gasteiger charge is 2.41. The van der Waals surface area contributed by atoms with Gasteiger partial charge in [0.25, 0.3) is 0 Å². The van der Waals surface area contributed by atoms with Crippen molar-refractivity contribution in [2.75, 3.05) is 18.2 Å². The number of carbonyl (C=O) groups excluding carboxylic acids is 1. The molecule has 2 heterocycles. The number of thioether (sulfide) groups is 1. The lowest BCUT2D eigenvalue weighted by molar-refractivity contribution is -0.118. The van der Waals surface area contributed by atoms with Crippen molar-refractivity contribution in [1.82, 2.24) is 14.8 Å². The third-order valence-electron chi connectivity index (χ3n) is 5.47. The molecule has 1 N–H and O–H groups in total. The third-order valence-corrected chi connectivity index (χ3v) is 6.40. The molecule has 2 aromatic rings. The number of benzene rings is 1. The summed E-state index contributed by atoms with van der Waals surface area (Å²) in [5.41, 5.74) is 2.76. The maximum atomic E-state index is 13.2. The van der Waals surface area contributed by atoms with Gasteiger partial charge in [0, 0.05) is 23.4 Å². The van der Waals surface area contributed by atoms with Gasteiger partial charge in [-0.2, -0.15) is 4.98 Å². The zero-order valence-electron chi connectivity index (χ0n) is 17.5. The Hall–Kier alpha value is -2.28. The highest BCUT2D eigenvalue weighted by Crippen LogP contribution is 2.45. The van der Waals surface area contributed by atoms with Crippen molar-refractivity contribution >= 4 is 23.5 Å². The molecule has 1 aliphatic heterocycles. The number of nitrogens with one attached hydrogen (secondary N) is 1. The van der Waals surface area contributed by atoms with Crippen molar-refractivity contribution < 1.29 is 9.53 Å². The number of Topliss-reactive ketones (excluding diaryl/α,β-unsaturated/α-hetero) is 1. The average Bonchev–Trinajstić information content (AvgIpc) is 3.08. The maximum absolute atomic E-state index is 13.2. The summed E-state index contributed by atoms with van der Waals surface area (Å²) >= 11 is 1.67. The van der Waals surface area contributed by atoms with E-state index in [-0.39, 0.29) is 17.2 Å². The second-order valence-corrected chi connectivity index (χ2v) is 9.56. The number of unbranched alkanes of at least 4 members (excludes halogenated alkanes) is 1. The molecule has 29 heavy (non-hydrogen) atoms. The fraction of sp³-hybridized carbons (Fsp3) is 0.500. The lowest BCUT2D eigenvalue weighted by Gasteiger charge is -2.38. The molecular formula is C22H28N4O2S. The van der Waals surface area contributed by atoms with Crippen molar-refractivity contribution in [2.24, 2.45) is 5.41 Å². The standard InChI is InChI=1S/C22H28N4O2S/c1-5-6-11-29-21-24-20-23-16-12-22(2,3)13-17(27)18(16)19(26(20)25-21)14-7-9-15(28-4)10-8-14/h7-10,19H,5-6,11-13H2,1-4H3,(H,23,24,25)/t19-/m0/s1. The van der Waals surface area contributed by atoms with Gasteiger partial charge in [-0.15, -0.1) is 5.10 Å². The van der Waals surface area contributed by atoms with Crippen LogP contribution in [0.5, 0.6) is 5.75 Å². The molecule has 2 aliphatic rings. The molecule has 1 aliphatic carbocycles. The van der Waals surface area contributed by atoms with Gasteiger partial charge in [-0.05, 0) is 36.0 Å². The summed E-state index contributed by atoms with van der Waals surface area (Å²) < 4.78 is 7.19. The predicted molar refractivity (Wildman–Crippen MR) is 115 cm³/mol. The highest BCUT2D eigenvalue weighted by atomic mass is 32.2. The summed E-state index contributed by atoms with van der Waals surface area (Å²) in [6, 6.07) is 7.64. The molecule has 0 saturated heterocycles. The third kappa shape index (κ3) is 3.92. The van der Waals surface area contributed by atoms with E-state index in [0.29, 0.717) is 12.4 Å². The summed E-state index contributed by atoms with van der Waals surface area (Å²) in [5, 5.41) is 8.96. The van der Waals surface area contributed by atoms with Gasteiger partial charge in [0.05, 0.1) is 7.11 Å². The van der Waals surface area contributed by atoms with Crippen LogP contribution in [0.3, 0.4) is 0 Å². The largest absolute Gasteiger partial charge is 0.497 e. The number of allylic oxidation sites excluding steroid dienone is 2. The van der Waals surface area contributed by atoms with Crippen LogP contribution in [0.2, 0.25) is 0 Å². The van der Waals surface area contributed by atoms with Gasteiger partial charge in [-0.25, -0.2) is 4.68 Å². The predicted octanol–water partition coefficient (Wildman–Crippen LogP) is 4.84. The Kier molecular flexibility index (Phi) is 5.42. The fourth-order valence-electron chi connectivity index (χ4n) is 4.05. The molecule has 1 aromatic carbocycles. The molecule has 1 aromatic heterocycles. The number of hydrogen-bond donors (Lipinski definition) is 1. The van der Waals surface area contributed by atoms with Crippen molar-refractivity contribution in [3.8, 4) is 5.75 Å². The van der Waals surface area contributed by atoms with E-state index in [2.05, 4.69) is 26.1 Å². The molecule has 0 bridgehead atoms. The molecule has 0 saturated carbocycles. The molecule has 154 valence electrons. The Morgan fingerprint density at radius 1 is 1.28 bits per heavy atom. The van der Waals surface area contributed by atoms with Gasteiger partial charge in [0.15, 0.2) is 5.78 Å². The number of ketones is 1. The van der Waals surface area contributed by atoms with Gasteiger partial charge < -0.3 is 10.1 Å². The lowest BCUT2D eigenvalue weighted by atomic mass is 9.73. The summed E-state index contributed by atoms with van der Waals surface area (Å²) in [5.74, 6) is 2.69. The first kappa shape index (κ1) is 20.0. The molecule has 0 unspecified atom stereocenters. The van der Waals surface area contributed by atoms with Crippen LogP contribution in [-0.4, -0.2) is 33.4 Å². The maximum Gasteiger partial charge on any atom is 0.227 e. The first-order valence-corrected chi connectivity index (χ1v) is 11.2. The van der Waals surface area contributed by atoms with Crippen LogP contribution in [0.4, 0.5) is 5.95 Å². The number of ether oxygens (including phenoxy) is 1. The number of hydrogen-bond acceptors (Lipinski definition) is 6. The molecule has 6 nitrogen and oxygen atoms in total. The summed E-state index contributed by atoms with van der Waals surface area (Å²) in [4.78, 5) is 17.9. The quantitative estimate of drug-likeness (QED) is 0.541. The van der Waals surface area contributed by atoms with E-state index in [9.17, 15) is 4.79 Å². The van der Waals surface area contributed by atoms with E-state index in [1.165, 1.54) is 0 Å². The molecule has 0 spiro atoms. The number of anilines is 1. The van der Waals surface area contributed by atoms with Gasteiger partial charge >= 0.3 is 0 Å². The Morgan fingerprint density at radius 2 is 2.03 bits per heavy atom. The summed E-state index contributed by atoms with van der Waals surface area (Å²) in [7, 11) is 1.66. The number of methoxy groups -OCH3 is 1. The van der Waals surface area contributed by atoms with Crippen LogP contribution in [-0.2, 0) is 4.79 Å². The number of carbonyl (C=O) groups is 1. The van der Waals surface area contributed by atoms with E-state index in [4.69, 9.17) is 14.8 Å². The second-order valence-electron chi connectivity index (χ2n) is 8.50. The van der Waals surface area contributed by atoms with Crippen LogP contribution in [0.1, 0.15) is 58.1 Å². The fourth-order valence-corrected chi connectivity index (χ4v) is 4.97. The second kappa shape index (κ2) is 7.86. The normalized spacial score (nSPS) is 20.1. The van der Waals surface area contributed by atoms with Crippen molar-refractivity contribution in [1.29, 1.82) is 0 Å². The van der Waals surface area contributed by atoms with Crippen molar-refractivity contribution in [3.05, 3.63) is 41.1 Å². The van der Waals surface area contributed by atoms with Crippen LogP contribution >= 0.6 is 11.8 Å². The van der Waals surface area contributed by atoms with Gasteiger partial charge in [0.2, 0.25) is 11.1 Å². The number of aromatic nitrogens is 3. The average molecular weight is 413 g/mol. The minimum absolute atomic E-state index is 0.0612. The Morgan fingerprint density at radius 3 is 2.72 bits per heavy atom. The Balaban J connectivity index is 1.77. The van der Waals surface area contributed by atoms with Gasteiger partial charge in [0.1, 0.15) is 11.8 Å². The molecule has 0 radical (unpaired) electrons. The van der Waals surface area contributed by atoms with Crippen LogP contribution in [0.15, 0.2) is 40.7 Å². The Bertz CT molecular complexity index is 946. The zero-order valence-corrected chi connectivity index (χ0v) is 18.3. The van der Waals surface area contributed by atoms with E-state index in [0.717, 1.165) is 52.8 Å². The first-order valence-electron chi connectivity index (χ1n) is 10.2. The number of nitrogens with zero attached hydrogens (tertiary/aromatic N) is 3. The summed E-state index contributed by atoms with van der Waals surface area (Å²) in [6.45, 7) is 6.47. The van der Waals surface area contributed by atoms with E-state index in [1.807, 2.05) is 28.9 Å². The molecule has 7 heteroatoms. The Labute approximate surface area is 176 Å². The minimum atomic E-state index is -0.260. The molecular weight excluding hydrogens is 384 g/mol. The van der Waals surface area contributed by atoms with Gasteiger partial charge in [-0.3, -0.25) is 4.79 Å². The number of fused-ring (bicyclic) bond motifs is 1. The van der Waals surface area contributed by atoms with Crippen LogP contribution < -0.4 is 10.1 Å². The molecule has 1 atom stereocenters. The van der Waals surface area contributed by atoms with E-state index >= 15 is 0 Å². The van der Waals surface area contributed by atoms with Gasteiger partial charge in [-0.1, -0.05) is 51.1 Å².